The first-order chi connectivity index (χ1) is 8.89. The van der Waals surface area contributed by atoms with Gasteiger partial charge in [-0.25, -0.2) is 0 Å². The number of aliphatic hydroxyl groups is 1. The first-order valence-electron chi connectivity index (χ1n) is 6.82. The van der Waals surface area contributed by atoms with E-state index in [4.69, 9.17) is 0 Å². The highest BCUT2D eigenvalue weighted by atomic mass is 16.3. The molecule has 0 spiro atoms. The number of hydrogen-bond acceptors (Lipinski definition) is 1. The first kappa shape index (κ1) is 13.8. The Kier molecular flexibility index (Phi) is 3.77. The predicted octanol–water partition coefficient (Wildman–Crippen LogP) is 4.70. The van der Waals surface area contributed by atoms with Crippen molar-refractivity contribution in [1.82, 2.24) is 0 Å². The Morgan fingerprint density at radius 3 is 2.11 bits per heavy atom. The van der Waals surface area contributed by atoms with Crippen LogP contribution in [0, 0.1) is 0 Å². The van der Waals surface area contributed by atoms with Gasteiger partial charge < -0.3 is 5.11 Å². The fourth-order valence-electron chi connectivity index (χ4n) is 2.31. The van der Waals surface area contributed by atoms with Crippen LogP contribution in [0.25, 0.3) is 11.1 Å². The fraction of sp³-hybridized carbons (Fsp3) is 0.333. The van der Waals surface area contributed by atoms with E-state index in [9.17, 15) is 5.11 Å². The van der Waals surface area contributed by atoms with Gasteiger partial charge in [0.05, 0.1) is 5.60 Å². The second-order valence-electron chi connectivity index (χ2n) is 5.88. The van der Waals surface area contributed by atoms with E-state index in [2.05, 4.69) is 50.2 Å². The third-order valence-corrected chi connectivity index (χ3v) is 3.47. The molecule has 0 saturated heterocycles. The molecule has 0 fully saturated rings. The van der Waals surface area contributed by atoms with Crippen LogP contribution in [0.5, 0.6) is 0 Å². The van der Waals surface area contributed by atoms with Crippen molar-refractivity contribution in [2.45, 2.75) is 39.2 Å². The molecule has 0 aromatic heterocycles. The Labute approximate surface area is 115 Å². The zero-order chi connectivity index (χ0) is 14.0. The molecular formula is C18H22O. The van der Waals surface area contributed by atoms with E-state index in [1.165, 1.54) is 16.7 Å². The average Bonchev–Trinajstić information content (AvgIpc) is 2.38. The summed E-state index contributed by atoms with van der Waals surface area (Å²) in [5.41, 5.74) is 3.89. The SMILES string of the molecule is CC(C)c1ccc(C(C)(C)O)cc1-c1ccccc1. The molecule has 0 aliphatic rings. The number of rotatable bonds is 3. The summed E-state index contributed by atoms with van der Waals surface area (Å²) in [6.07, 6.45) is 0. The van der Waals surface area contributed by atoms with Crippen LogP contribution in [-0.4, -0.2) is 5.11 Å². The van der Waals surface area contributed by atoms with E-state index in [1.54, 1.807) is 0 Å². The van der Waals surface area contributed by atoms with Crippen molar-refractivity contribution >= 4 is 0 Å². The van der Waals surface area contributed by atoms with E-state index in [0.717, 1.165) is 5.56 Å². The highest BCUT2D eigenvalue weighted by Gasteiger charge is 2.18. The summed E-state index contributed by atoms with van der Waals surface area (Å²) in [6.45, 7) is 8.05. The summed E-state index contributed by atoms with van der Waals surface area (Å²) < 4.78 is 0. The first-order valence-corrected chi connectivity index (χ1v) is 6.82. The maximum atomic E-state index is 10.2. The van der Waals surface area contributed by atoms with Crippen LogP contribution in [0.2, 0.25) is 0 Å². The summed E-state index contributed by atoms with van der Waals surface area (Å²) in [5.74, 6) is 0.464. The number of hydrogen-bond donors (Lipinski definition) is 1. The molecule has 1 nitrogen and oxygen atoms in total. The summed E-state index contributed by atoms with van der Waals surface area (Å²) in [4.78, 5) is 0. The van der Waals surface area contributed by atoms with Gasteiger partial charge in [-0.2, -0.15) is 0 Å². The lowest BCUT2D eigenvalue weighted by atomic mass is 9.87. The lowest BCUT2D eigenvalue weighted by molar-refractivity contribution is 0.0786. The lowest BCUT2D eigenvalue weighted by Crippen LogP contribution is -2.15. The lowest BCUT2D eigenvalue weighted by Gasteiger charge is -2.21. The van der Waals surface area contributed by atoms with Gasteiger partial charge in [-0.3, -0.25) is 0 Å². The van der Waals surface area contributed by atoms with Gasteiger partial charge >= 0.3 is 0 Å². The Bertz CT molecular complexity index is 548. The van der Waals surface area contributed by atoms with E-state index in [-0.39, 0.29) is 0 Å². The van der Waals surface area contributed by atoms with Crippen LogP contribution in [0.15, 0.2) is 48.5 Å². The van der Waals surface area contributed by atoms with E-state index < -0.39 is 5.60 Å². The summed E-state index contributed by atoms with van der Waals surface area (Å²) in [7, 11) is 0. The molecule has 0 atom stereocenters. The van der Waals surface area contributed by atoms with Gasteiger partial charge in [-0.1, -0.05) is 56.3 Å². The Morgan fingerprint density at radius 1 is 0.947 bits per heavy atom. The highest BCUT2D eigenvalue weighted by Crippen LogP contribution is 2.33. The molecular weight excluding hydrogens is 232 g/mol. The van der Waals surface area contributed by atoms with Crippen molar-refractivity contribution in [1.29, 1.82) is 0 Å². The minimum Gasteiger partial charge on any atom is -0.386 e. The van der Waals surface area contributed by atoms with E-state index in [1.807, 2.05) is 26.0 Å². The molecule has 0 radical (unpaired) electrons. The third-order valence-electron chi connectivity index (χ3n) is 3.47. The van der Waals surface area contributed by atoms with Gasteiger partial charge in [0.1, 0.15) is 0 Å². The topological polar surface area (TPSA) is 20.2 Å². The molecule has 2 aromatic rings. The molecule has 0 amide bonds. The predicted molar refractivity (Wildman–Crippen MR) is 81.2 cm³/mol. The van der Waals surface area contributed by atoms with Crippen molar-refractivity contribution < 1.29 is 5.11 Å². The highest BCUT2D eigenvalue weighted by molar-refractivity contribution is 5.69. The van der Waals surface area contributed by atoms with Crippen molar-refractivity contribution in [3.8, 4) is 11.1 Å². The Morgan fingerprint density at radius 2 is 1.58 bits per heavy atom. The molecule has 19 heavy (non-hydrogen) atoms. The average molecular weight is 254 g/mol. The smallest absolute Gasteiger partial charge is 0.0840 e. The Balaban J connectivity index is 2.61. The molecule has 0 aliphatic carbocycles. The van der Waals surface area contributed by atoms with Crippen molar-refractivity contribution in [2.24, 2.45) is 0 Å². The molecule has 1 N–H and O–H groups in total. The minimum absolute atomic E-state index is 0.464. The van der Waals surface area contributed by atoms with Gasteiger partial charge in [0.15, 0.2) is 0 Å². The molecule has 0 unspecified atom stereocenters. The van der Waals surface area contributed by atoms with Gasteiger partial charge in [0.25, 0.3) is 0 Å². The molecule has 0 bridgehead atoms. The maximum Gasteiger partial charge on any atom is 0.0840 e. The summed E-state index contributed by atoms with van der Waals surface area (Å²) in [6, 6.07) is 16.7. The maximum absolute atomic E-state index is 10.2. The summed E-state index contributed by atoms with van der Waals surface area (Å²) in [5, 5.41) is 10.2. The molecule has 2 aromatic carbocycles. The zero-order valence-corrected chi connectivity index (χ0v) is 12.1. The molecule has 0 aliphatic heterocycles. The molecule has 2 rings (SSSR count). The Hall–Kier alpha value is -1.60. The van der Waals surface area contributed by atoms with Crippen molar-refractivity contribution in [3.63, 3.8) is 0 Å². The number of benzene rings is 2. The second kappa shape index (κ2) is 5.18. The molecule has 1 heteroatoms. The monoisotopic (exact) mass is 254 g/mol. The minimum atomic E-state index is -0.807. The largest absolute Gasteiger partial charge is 0.386 e. The van der Waals surface area contributed by atoms with Crippen molar-refractivity contribution in [2.75, 3.05) is 0 Å². The molecule has 100 valence electrons. The second-order valence-corrected chi connectivity index (χ2v) is 5.88. The normalized spacial score (nSPS) is 11.9. The summed E-state index contributed by atoms with van der Waals surface area (Å²) >= 11 is 0. The fourth-order valence-corrected chi connectivity index (χ4v) is 2.31. The van der Waals surface area contributed by atoms with Crippen LogP contribution in [0.4, 0.5) is 0 Å². The quantitative estimate of drug-likeness (QED) is 0.841. The van der Waals surface area contributed by atoms with E-state index in [0.29, 0.717) is 5.92 Å². The van der Waals surface area contributed by atoms with Crippen LogP contribution < -0.4 is 0 Å². The van der Waals surface area contributed by atoms with Crippen molar-refractivity contribution in [3.05, 3.63) is 59.7 Å². The zero-order valence-electron chi connectivity index (χ0n) is 12.1. The van der Waals surface area contributed by atoms with Gasteiger partial charge in [0, 0.05) is 0 Å². The third kappa shape index (κ3) is 3.05. The van der Waals surface area contributed by atoms with Gasteiger partial charge in [0.2, 0.25) is 0 Å². The molecule has 0 heterocycles. The van der Waals surface area contributed by atoms with Crippen LogP contribution >= 0.6 is 0 Å². The van der Waals surface area contributed by atoms with Crippen LogP contribution in [0.3, 0.4) is 0 Å². The van der Waals surface area contributed by atoms with Crippen LogP contribution in [-0.2, 0) is 5.60 Å². The van der Waals surface area contributed by atoms with Gasteiger partial charge in [-0.05, 0) is 48.1 Å². The van der Waals surface area contributed by atoms with Crippen LogP contribution in [0.1, 0.15) is 44.7 Å². The standard InChI is InChI=1S/C18H22O/c1-13(2)16-11-10-15(18(3,4)19)12-17(16)14-8-6-5-7-9-14/h5-13,19H,1-4H3. The molecule has 0 saturated carbocycles. The van der Waals surface area contributed by atoms with Gasteiger partial charge in [-0.15, -0.1) is 0 Å². The van der Waals surface area contributed by atoms with E-state index >= 15 is 0 Å².